The summed E-state index contributed by atoms with van der Waals surface area (Å²) in [6.45, 7) is 5.81. The van der Waals surface area contributed by atoms with E-state index in [-0.39, 0.29) is 42.0 Å². The summed E-state index contributed by atoms with van der Waals surface area (Å²) >= 11 is 0. The van der Waals surface area contributed by atoms with Crippen LogP contribution in [0.3, 0.4) is 0 Å². The Morgan fingerprint density at radius 2 is 2.00 bits per heavy atom. The van der Waals surface area contributed by atoms with Crippen molar-refractivity contribution in [3.8, 4) is 0 Å². The summed E-state index contributed by atoms with van der Waals surface area (Å²) in [6.07, 6.45) is 0.444. The first-order valence-corrected chi connectivity index (χ1v) is 7.84. The van der Waals surface area contributed by atoms with Gasteiger partial charge in [-0.25, -0.2) is 0 Å². The monoisotopic (exact) mass is 390 g/mol. The summed E-state index contributed by atoms with van der Waals surface area (Å²) in [5.74, 6) is -0.103. The number of fused-ring (bicyclic) bond motifs is 1. The van der Waals surface area contributed by atoms with Crippen LogP contribution in [0, 0.1) is 5.41 Å². The summed E-state index contributed by atoms with van der Waals surface area (Å²) in [6, 6.07) is 5.44. The van der Waals surface area contributed by atoms with Gasteiger partial charge in [-0.1, -0.05) is 13.8 Å². The average molecular weight is 391 g/mol. The highest BCUT2D eigenvalue weighted by molar-refractivity contribution is 6.00. The Hall–Kier alpha value is -1.50. The van der Waals surface area contributed by atoms with Crippen molar-refractivity contribution in [3.63, 3.8) is 0 Å². The molecule has 0 aliphatic carbocycles. The Kier molecular flexibility index (Phi) is 8.71. The minimum atomic E-state index is -0.134. The third-order valence-electron chi connectivity index (χ3n) is 4.17. The van der Waals surface area contributed by atoms with E-state index in [1.165, 1.54) is 0 Å². The molecule has 2 rings (SSSR count). The van der Waals surface area contributed by atoms with Crippen LogP contribution in [0.25, 0.3) is 0 Å². The number of halogens is 2. The molecule has 0 fully saturated rings. The highest BCUT2D eigenvalue weighted by Crippen LogP contribution is 2.29. The summed E-state index contributed by atoms with van der Waals surface area (Å²) in [5.41, 5.74) is 7.79. The normalized spacial score (nSPS) is 13.6. The van der Waals surface area contributed by atoms with Crippen LogP contribution in [0.4, 0.5) is 11.4 Å². The quantitative estimate of drug-likeness (QED) is 0.826. The first-order valence-electron chi connectivity index (χ1n) is 7.84. The van der Waals surface area contributed by atoms with Gasteiger partial charge in [0.1, 0.15) is 0 Å². The lowest BCUT2D eigenvalue weighted by atomic mass is 9.93. The molecule has 2 amide bonds. The van der Waals surface area contributed by atoms with Crippen molar-refractivity contribution in [1.29, 1.82) is 0 Å². The number of carbonyl (C=O) groups is 2. The van der Waals surface area contributed by atoms with E-state index in [4.69, 9.17) is 5.73 Å². The predicted octanol–water partition coefficient (Wildman–Crippen LogP) is 2.37. The Morgan fingerprint density at radius 3 is 2.60 bits per heavy atom. The van der Waals surface area contributed by atoms with E-state index in [1.54, 1.807) is 24.1 Å². The van der Waals surface area contributed by atoms with Gasteiger partial charge >= 0.3 is 0 Å². The zero-order chi connectivity index (χ0) is 17.2. The van der Waals surface area contributed by atoms with Crippen LogP contribution in [0.5, 0.6) is 0 Å². The topological polar surface area (TPSA) is 78.7 Å². The van der Waals surface area contributed by atoms with E-state index >= 15 is 0 Å². The van der Waals surface area contributed by atoms with E-state index in [0.29, 0.717) is 37.3 Å². The summed E-state index contributed by atoms with van der Waals surface area (Å²) in [4.78, 5) is 28.1. The van der Waals surface area contributed by atoms with Gasteiger partial charge in [-0.05, 0) is 30.2 Å². The third-order valence-corrected chi connectivity index (χ3v) is 4.17. The minimum absolute atomic E-state index is 0. The van der Waals surface area contributed by atoms with Gasteiger partial charge in [0.15, 0.2) is 0 Å². The van der Waals surface area contributed by atoms with Crippen molar-refractivity contribution in [3.05, 3.63) is 23.8 Å². The number of nitrogens with zero attached hydrogens (tertiary/aromatic N) is 2. The van der Waals surface area contributed by atoms with Gasteiger partial charge in [-0.2, -0.15) is 0 Å². The predicted molar refractivity (Wildman–Crippen MR) is 107 cm³/mol. The van der Waals surface area contributed by atoms with Gasteiger partial charge in [0.25, 0.3) is 5.91 Å². The number of hydrogen-bond acceptors (Lipinski definition) is 4. The first kappa shape index (κ1) is 23.5. The fourth-order valence-corrected chi connectivity index (χ4v) is 2.70. The summed E-state index contributed by atoms with van der Waals surface area (Å²) in [7, 11) is 3.71. The summed E-state index contributed by atoms with van der Waals surface area (Å²) in [5, 5.41) is 2.88. The number of nitrogens with one attached hydrogen (secondary N) is 1. The SMILES string of the molecule is CN(CC(C)(C)CN)C(=O)c1ccc2c(c1)NC(=O)CCN2C.Cl.Cl. The van der Waals surface area contributed by atoms with Gasteiger partial charge in [0.05, 0.1) is 11.4 Å². The van der Waals surface area contributed by atoms with E-state index in [9.17, 15) is 9.59 Å². The number of nitrogens with two attached hydrogens (primary N) is 1. The maximum atomic E-state index is 12.6. The fourth-order valence-electron chi connectivity index (χ4n) is 2.70. The molecular formula is C17H28Cl2N4O2. The van der Waals surface area contributed by atoms with Gasteiger partial charge in [0, 0.05) is 39.2 Å². The molecule has 142 valence electrons. The maximum Gasteiger partial charge on any atom is 0.253 e. The summed E-state index contributed by atoms with van der Waals surface area (Å²) < 4.78 is 0. The van der Waals surface area contributed by atoms with Gasteiger partial charge in [-0.15, -0.1) is 24.8 Å². The zero-order valence-corrected chi connectivity index (χ0v) is 16.8. The van der Waals surface area contributed by atoms with Crippen LogP contribution >= 0.6 is 24.8 Å². The molecular weight excluding hydrogens is 363 g/mol. The van der Waals surface area contributed by atoms with Crippen molar-refractivity contribution >= 4 is 48.0 Å². The third kappa shape index (κ3) is 5.76. The molecule has 6 nitrogen and oxygen atoms in total. The molecule has 1 aromatic carbocycles. The number of rotatable bonds is 4. The molecule has 0 unspecified atom stereocenters. The molecule has 1 aliphatic heterocycles. The molecule has 0 radical (unpaired) electrons. The molecule has 0 spiro atoms. The lowest BCUT2D eigenvalue weighted by Gasteiger charge is -2.29. The second-order valence-electron chi connectivity index (χ2n) is 6.98. The van der Waals surface area contributed by atoms with E-state index in [1.807, 2.05) is 31.9 Å². The molecule has 0 saturated heterocycles. The van der Waals surface area contributed by atoms with E-state index < -0.39 is 0 Å². The van der Waals surface area contributed by atoms with Crippen LogP contribution in [0.15, 0.2) is 18.2 Å². The Labute approximate surface area is 161 Å². The van der Waals surface area contributed by atoms with E-state index in [0.717, 1.165) is 5.69 Å². The molecule has 0 aromatic heterocycles. The van der Waals surface area contributed by atoms with Gasteiger partial charge in [0.2, 0.25) is 5.91 Å². The number of amides is 2. The first-order chi connectivity index (χ1) is 10.7. The standard InChI is InChI=1S/C17H26N4O2.2ClH/c1-17(2,10-18)11-21(4)16(23)12-5-6-14-13(9-12)19-15(22)7-8-20(14)3;;/h5-6,9H,7-8,10-11,18H2,1-4H3,(H,19,22);2*1H. The second kappa shape index (κ2) is 9.27. The van der Waals surface area contributed by atoms with Crippen molar-refractivity contribution < 1.29 is 9.59 Å². The molecule has 0 bridgehead atoms. The van der Waals surface area contributed by atoms with Crippen LogP contribution < -0.4 is 16.0 Å². The van der Waals surface area contributed by atoms with Crippen LogP contribution in [-0.4, -0.2) is 50.4 Å². The molecule has 8 heteroatoms. The van der Waals surface area contributed by atoms with Crippen LogP contribution in [-0.2, 0) is 4.79 Å². The largest absolute Gasteiger partial charge is 0.372 e. The molecule has 1 aromatic rings. The Bertz CT molecular complexity index is 623. The van der Waals surface area contributed by atoms with Crippen molar-refractivity contribution in [2.75, 3.05) is 43.9 Å². The zero-order valence-electron chi connectivity index (χ0n) is 15.2. The fraction of sp³-hybridized carbons (Fsp3) is 0.529. The van der Waals surface area contributed by atoms with Crippen LogP contribution in [0.2, 0.25) is 0 Å². The van der Waals surface area contributed by atoms with Crippen molar-refractivity contribution in [2.24, 2.45) is 11.1 Å². The minimum Gasteiger partial charge on any atom is -0.372 e. The number of anilines is 2. The Balaban J connectivity index is 0.00000288. The number of benzene rings is 1. The smallest absolute Gasteiger partial charge is 0.253 e. The molecule has 1 heterocycles. The highest BCUT2D eigenvalue weighted by Gasteiger charge is 2.23. The maximum absolute atomic E-state index is 12.6. The molecule has 25 heavy (non-hydrogen) atoms. The average Bonchev–Trinajstić information content (AvgIpc) is 2.64. The van der Waals surface area contributed by atoms with E-state index in [2.05, 4.69) is 5.32 Å². The van der Waals surface area contributed by atoms with Crippen molar-refractivity contribution in [2.45, 2.75) is 20.3 Å². The lowest BCUT2D eigenvalue weighted by Crippen LogP contribution is -2.39. The molecule has 0 atom stereocenters. The lowest BCUT2D eigenvalue weighted by molar-refractivity contribution is -0.115. The van der Waals surface area contributed by atoms with Crippen molar-refractivity contribution in [1.82, 2.24) is 4.90 Å². The molecule has 0 saturated carbocycles. The molecule has 3 N–H and O–H groups in total. The van der Waals surface area contributed by atoms with Crippen LogP contribution in [0.1, 0.15) is 30.6 Å². The molecule has 1 aliphatic rings. The number of hydrogen-bond donors (Lipinski definition) is 2. The highest BCUT2D eigenvalue weighted by atomic mass is 35.5. The van der Waals surface area contributed by atoms with Gasteiger partial charge in [-0.3, -0.25) is 9.59 Å². The number of carbonyl (C=O) groups excluding carboxylic acids is 2. The Morgan fingerprint density at radius 1 is 1.36 bits per heavy atom. The van der Waals surface area contributed by atoms with Gasteiger partial charge < -0.3 is 20.9 Å². The second-order valence-corrected chi connectivity index (χ2v) is 6.98.